The quantitative estimate of drug-likeness (QED) is 0.889. The van der Waals surface area contributed by atoms with Gasteiger partial charge in [0.05, 0.1) is 27.4 Å². The summed E-state index contributed by atoms with van der Waals surface area (Å²) in [5.41, 5.74) is 0.873. The first-order chi connectivity index (χ1) is 11.1. The van der Waals surface area contributed by atoms with Crippen molar-refractivity contribution in [1.82, 2.24) is 4.90 Å². The average Bonchev–Trinajstić information content (AvgIpc) is 2.92. The van der Waals surface area contributed by atoms with Crippen molar-refractivity contribution in [3.05, 3.63) is 22.7 Å². The maximum Gasteiger partial charge on any atom is 0.165 e. The Morgan fingerprint density at radius 3 is 2.87 bits per heavy atom. The monoisotopic (exact) mass is 341 g/mol. The lowest BCUT2D eigenvalue weighted by molar-refractivity contribution is -0.0561. The van der Waals surface area contributed by atoms with Crippen LogP contribution in [-0.2, 0) is 11.3 Å². The van der Waals surface area contributed by atoms with Gasteiger partial charge >= 0.3 is 0 Å². The van der Waals surface area contributed by atoms with Gasteiger partial charge in [-0.2, -0.15) is 0 Å². The van der Waals surface area contributed by atoms with Gasteiger partial charge < -0.3 is 19.3 Å². The van der Waals surface area contributed by atoms with Crippen molar-refractivity contribution in [2.24, 2.45) is 11.3 Å². The second-order valence-corrected chi connectivity index (χ2v) is 6.97. The number of rotatable bonds is 5. The van der Waals surface area contributed by atoms with Crippen LogP contribution in [-0.4, -0.2) is 57.1 Å². The summed E-state index contributed by atoms with van der Waals surface area (Å²) in [7, 11) is 3.25. The summed E-state index contributed by atoms with van der Waals surface area (Å²) in [6.45, 7) is 4.10. The number of aliphatic hydroxyl groups is 1. The van der Waals surface area contributed by atoms with Gasteiger partial charge in [0.2, 0.25) is 0 Å². The molecular formula is C17H24ClNO4. The predicted octanol–water partition coefficient (Wildman–Crippen LogP) is 2.19. The van der Waals surface area contributed by atoms with E-state index in [0.717, 1.165) is 44.0 Å². The maximum atomic E-state index is 9.89. The van der Waals surface area contributed by atoms with E-state index in [2.05, 4.69) is 4.90 Å². The van der Waals surface area contributed by atoms with Gasteiger partial charge in [-0.25, -0.2) is 0 Å². The summed E-state index contributed by atoms with van der Waals surface area (Å²) in [6, 6.07) is 3.68. The van der Waals surface area contributed by atoms with Crippen molar-refractivity contribution in [2.75, 3.05) is 47.1 Å². The van der Waals surface area contributed by atoms with Crippen molar-refractivity contribution in [3.63, 3.8) is 0 Å². The van der Waals surface area contributed by atoms with E-state index < -0.39 is 0 Å². The Kier molecular flexibility index (Phi) is 5.01. The summed E-state index contributed by atoms with van der Waals surface area (Å²) >= 11 is 6.21. The van der Waals surface area contributed by atoms with Gasteiger partial charge in [0.1, 0.15) is 0 Å². The zero-order valence-corrected chi connectivity index (χ0v) is 14.4. The molecule has 2 fully saturated rings. The van der Waals surface area contributed by atoms with E-state index in [4.69, 9.17) is 25.8 Å². The van der Waals surface area contributed by atoms with Crippen LogP contribution in [0.5, 0.6) is 11.5 Å². The highest BCUT2D eigenvalue weighted by Crippen LogP contribution is 2.43. The third-order valence-electron chi connectivity index (χ3n) is 5.11. The molecule has 0 bridgehead atoms. The van der Waals surface area contributed by atoms with Crippen LogP contribution in [0.15, 0.2) is 12.1 Å². The molecule has 1 aromatic carbocycles. The first kappa shape index (κ1) is 16.8. The fourth-order valence-corrected chi connectivity index (χ4v) is 4.15. The van der Waals surface area contributed by atoms with E-state index in [-0.39, 0.29) is 12.0 Å². The molecule has 3 rings (SSSR count). The molecule has 23 heavy (non-hydrogen) atoms. The van der Waals surface area contributed by atoms with E-state index in [1.54, 1.807) is 20.3 Å². The van der Waals surface area contributed by atoms with Crippen molar-refractivity contribution >= 4 is 11.6 Å². The number of aliphatic hydroxyl groups excluding tert-OH is 1. The minimum absolute atomic E-state index is 0.131. The molecular weight excluding hydrogens is 318 g/mol. The molecule has 6 heteroatoms. The Labute approximate surface area is 142 Å². The van der Waals surface area contributed by atoms with Gasteiger partial charge in [-0.1, -0.05) is 11.6 Å². The van der Waals surface area contributed by atoms with Gasteiger partial charge in [0, 0.05) is 48.3 Å². The lowest BCUT2D eigenvalue weighted by atomic mass is 9.76. The largest absolute Gasteiger partial charge is 0.493 e. The van der Waals surface area contributed by atoms with Crippen LogP contribution in [0.4, 0.5) is 0 Å². The number of benzene rings is 1. The molecule has 2 aliphatic heterocycles. The van der Waals surface area contributed by atoms with Crippen LogP contribution >= 0.6 is 11.6 Å². The molecule has 0 amide bonds. The van der Waals surface area contributed by atoms with Crippen LogP contribution in [0.1, 0.15) is 12.0 Å². The molecule has 0 spiro atoms. The topological polar surface area (TPSA) is 51.2 Å². The van der Waals surface area contributed by atoms with Crippen LogP contribution < -0.4 is 9.47 Å². The summed E-state index contributed by atoms with van der Waals surface area (Å²) in [6.07, 6.45) is 1.01. The van der Waals surface area contributed by atoms with E-state index in [0.29, 0.717) is 23.3 Å². The van der Waals surface area contributed by atoms with Crippen molar-refractivity contribution in [2.45, 2.75) is 13.0 Å². The third kappa shape index (κ3) is 3.15. The molecule has 2 aliphatic rings. The molecule has 5 nitrogen and oxygen atoms in total. The highest BCUT2D eigenvalue weighted by Gasteiger charge is 2.48. The number of hydrogen-bond donors (Lipinski definition) is 1. The summed E-state index contributed by atoms with van der Waals surface area (Å²) < 4.78 is 16.5. The zero-order valence-electron chi connectivity index (χ0n) is 13.7. The van der Waals surface area contributed by atoms with Gasteiger partial charge in [0.25, 0.3) is 0 Å². The number of methoxy groups -OCH3 is 2. The lowest BCUT2D eigenvalue weighted by Crippen LogP contribution is -2.42. The molecule has 128 valence electrons. The number of nitrogens with zero attached hydrogens (tertiary/aromatic N) is 1. The molecule has 0 aliphatic carbocycles. The van der Waals surface area contributed by atoms with Crippen LogP contribution in [0.2, 0.25) is 5.02 Å². The SMILES string of the molecule is COc1cc(Cl)cc(CN2C[C@@H]3CCOC[C@]3(CO)C2)c1OC. The van der Waals surface area contributed by atoms with Gasteiger partial charge in [-0.3, -0.25) is 4.90 Å². The molecule has 0 unspecified atom stereocenters. The molecule has 1 N–H and O–H groups in total. The Morgan fingerprint density at radius 2 is 2.22 bits per heavy atom. The molecule has 0 radical (unpaired) electrons. The first-order valence-electron chi connectivity index (χ1n) is 7.93. The number of likely N-dealkylation sites (tertiary alicyclic amines) is 1. The third-order valence-corrected chi connectivity index (χ3v) is 5.33. The Hall–Kier alpha value is -1.01. The summed E-state index contributed by atoms with van der Waals surface area (Å²) in [5, 5.41) is 10.5. The highest BCUT2D eigenvalue weighted by molar-refractivity contribution is 6.30. The van der Waals surface area contributed by atoms with Crippen molar-refractivity contribution in [1.29, 1.82) is 0 Å². The Bertz CT molecular complexity index is 568. The number of hydrogen-bond acceptors (Lipinski definition) is 5. The van der Waals surface area contributed by atoms with Gasteiger partial charge in [0.15, 0.2) is 11.5 Å². The van der Waals surface area contributed by atoms with Gasteiger partial charge in [-0.15, -0.1) is 0 Å². The first-order valence-corrected chi connectivity index (χ1v) is 8.31. The van der Waals surface area contributed by atoms with E-state index in [1.165, 1.54) is 0 Å². The second kappa shape index (κ2) is 6.85. The molecule has 1 aromatic rings. The Morgan fingerprint density at radius 1 is 1.39 bits per heavy atom. The molecule has 0 saturated carbocycles. The van der Waals surface area contributed by atoms with Gasteiger partial charge in [-0.05, 0) is 18.4 Å². The van der Waals surface area contributed by atoms with Crippen LogP contribution in [0.3, 0.4) is 0 Å². The average molecular weight is 342 g/mol. The molecule has 0 aromatic heterocycles. The smallest absolute Gasteiger partial charge is 0.165 e. The molecule has 2 heterocycles. The fraction of sp³-hybridized carbons (Fsp3) is 0.647. The minimum Gasteiger partial charge on any atom is -0.493 e. The van der Waals surface area contributed by atoms with E-state index in [9.17, 15) is 5.11 Å². The fourth-order valence-electron chi connectivity index (χ4n) is 3.92. The summed E-state index contributed by atoms with van der Waals surface area (Å²) in [5.74, 6) is 1.85. The summed E-state index contributed by atoms with van der Waals surface area (Å²) in [4.78, 5) is 2.35. The minimum atomic E-state index is -0.131. The predicted molar refractivity (Wildman–Crippen MR) is 88.3 cm³/mol. The van der Waals surface area contributed by atoms with Crippen molar-refractivity contribution < 1.29 is 19.3 Å². The van der Waals surface area contributed by atoms with E-state index >= 15 is 0 Å². The number of fused-ring (bicyclic) bond motifs is 1. The zero-order chi connectivity index (χ0) is 16.4. The van der Waals surface area contributed by atoms with Crippen molar-refractivity contribution in [3.8, 4) is 11.5 Å². The Balaban J connectivity index is 1.82. The number of ether oxygens (including phenoxy) is 3. The lowest BCUT2D eigenvalue weighted by Gasteiger charge is -2.36. The number of halogens is 1. The molecule has 2 atom stereocenters. The molecule has 2 saturated heterocycles. The second-order valence-electron chi connectivity index (χ2n) is 6.53. The van der Waals surface area contributed by atoms with Crippen LogP contribution in [0.25, 0.3) is 0 Å². The van der Waals surface area contributed by atoms with Crippen LogP contribution in [0, 0.1) is 11.3 Å². The standard InChI is InChI=1S/C17H24ClNO4/c1-21-15-6-14(18)5-12(16(15)22-2)7-19-8-13-3-4-23-11-17(13,9-19)10-20/h5-6,13,20H,3-4,7-11H2,1-2H3/t13-,17+/m0/s1. The normalized spacial score (nSPS) is 27.7. The maximum absolute atomic E-state index is 9.89. The highest BCUT2D eigenvalue weighted by atomic mass is 35.5. The van der Waals surface area contributed by atoms with E-state index in [1.807, 2.05) is 6.07 Å².